The Morgan fingerprint density at radius 2 is 1.50 bits per heavy atom. The van der Waals surface area contributed by atoms with Gasteiger partial charge in [-0.15, -0.1) is 11.3 Å². The lowest BCUT2D eigenvalue weighted by Gasteiger charge is -2.09. The third kappa shape index (κ3) is 4.29. The summed E-state index contributed by atoms with van der Waals surface area (Å²) in [6, 6.07) is 16.2. The van der Waals surface area contributed by atoms with Crippen molar-refractivity contribution in [1.82, 2.24) is 0 Å². The number of carbonyl (C=O) groups is 2. The van der Waals surface area contributed by atoms with Gasteiger partial charge < -0.3 is 15.8 Å². The highest BCUT2D eigenvalue weighted by molar-refractivity contribution is 7.16. The highest BCUT2D eigenvalue weighted by Crippen LogP contribution is 2.25. The largest absolute Gasteiger partial charge is 0.457 e. The molecule has 3 rings (SSSR count). The standard InChI is InChI=1S/C20H18N2O3S/c1-12-9-13(2)11-16(10-12)25-15-5-3-14(4-6-15)22-20(24)18-8-7-17(26-18)19(21)23/h3-11H,1-2H3,(H2,21,23)(H,22,24). The Morgan fingerprint density at radius 3 is 2.08 bits per heavy atom. The number of rotatable bonds is 5. The molecule has 0 saturated heterocycles. The Labute approximate surface area is 155 Å². The molecule has 0 radical (unpaired) electrons. The summed E-state index contributed by atoms with van der Waals surface area (Å²) in [6.07, 6.45) is 0. The molecule has 0 fully saturated rings. The van der Waals surface area contributed by atoms with Crippen LogP contribution in [0.25, 0.3) is 0 Å². The Hall–Kier alpha value is -3.12. The van der Waals surface area contributed by atoms with Gasteiger partial charge in [-0.25, -0.2) is 0 Å². The molecule has 0 aliphatic carbocycles. The molecule has 0 atom stereocenters. The number of thiophene rings is 1. The number of hydrogen-bond acceptors (Lipinski definition) is 4. The Bertz CT molecular complexity index is 941. The van der Waals surface area contributed by atoms with Gasteiger partial charge in [0.15, 0.2) is 0 Å². The Kier molecular flexibility index (Phi) is 5.04. The third-order valence-corrected chi connectivity index (χ3v) is 4.71. The maximum absolute atomic E-state index is 12.2. The lowest BCUT2D eigenvalue weighted by molar-refractivity contribution is 0.100. The predicted octanol–water partition coefficient (Wildman–Crippen LogP) is 4.51. The lowest BCUT2D eigenvalue weighted by atomic mass is 10.1. The highest BCUT2D eigenvalue weighted by atomic mass is 32.1. The molecule has 0 saturated carbocycles. The fourth-order valence-corrected chi connectivity index (χ4v) is 3.27. The first-order valence-corrected chi connectivity index (χ1v) is 8.79. The van der Waals surface area contributed by atoms with Gasteiger partial charge in [0.1, 0.15) is 11.5 Å². The van der Waals surface area contributed by atoms with Crippen molar-refractivity contribution < 1.29 is 14.3 Å². The summed E-state index contributed by atoms with van der Waals surface area (Å²) in [5, 5.41) is 2.78. The highest BCUT2D eigenvalue weighted by Gasteiger charge is 2.12. The topological polar surface area (TPSA) is 81.4 Å². The molecule has 3 N–H and O–H groups in total. The molecule has 26 heavy (non-hydrogen) atoms. The average Bonchev–Trinajstić information content (AvgIpc) is 3.06. The van der Waals surface area contributed by atoms with Crippen LogP contribution in [0.3, 0.4) is 0 Å². The van der Waals surface area contributed by atoms with Gasteiger partial charge in [0, 0.05) is 5.69 Å². The van der Waals surface area contributed by atoms with Gasteiger partial charge in [0.2, 0.25) is 0 Å². The van der Waals surface area contributed by atoms with Crippen molar-refractivity contribution in [1.29, 1.82) is 0 Å². The van der Waals surface area contributed by atoms with Crippen LogP contribution in [0, 0.1) is 13.8 Å². The van der Waals surface area contributed by atoms with Gasteiger partial charge >= 0.3 is 0 Å². The summed E-state index contributed by atoms with van der Waals surface area (Å²) in [4.78, 5) is 24.1. The second-order valence-electron chi connectivity index (χ2n) is 5.93. The van der Waals surface area contributed by atoms with E-state index in [2.05, 4.69) is 11.4 Å². The van der Waals surface area contributed by atoms with E-state index in [9.17, 15) is 9.59 Å². The monoisotopic (exact) mass is 366 g/mol. The van der Waals surface area contributed by atoms with Crippen molar-refractivity contribution in [3.63, 3.8) is 0 Å². The molecule has 6 heteroatoms. The summed E-state index contributed by atoms with van der Waals surface area (Å²) in [7, 11) is 0. The molecule has 132 valence electrons. The first kappa shape index (κ1) is 17.7. The molecule has 1 heterocycles. The fourth-order valence-electron chi connectivity index (χ4n) is 2.52. The summed E-state index contributed by atoms with van der Waals surface area (Å²) >= 11 is 1.06. The van der Waals surface area contributed by atoms with E-state index in [1.807, 2.05) is 26.0 Å². The normalized spacial score (nSPS) is 10.4. The van der Waals surface area contributed by atoms with Crippen LogP contribution in [0.1, 0.15) is 30.5 Å². The van der Waals surface area contributed by atoms with Crippen LogP contribution in [0.15, 0.2) is 54.6 Å². The maximum Gasteiger partial charge on any atom is 0.265 e. The number of anilines is 1. The fraction of sp³-hybridized carbons (Fsp3) is 0.100. The maximum atomic E-state index is 12.2. The van der Waals surface area contributed by atoms with E-state index in [0.717, 1.165) is 28.2 Å². The second kappa shape index (κ2) is 7.41. The van der Waals surface area contributed by atoms with Crippen molar-refractivity contribution in [3.8, 4) is 11.5 Å². The van der Waals surface area contributed by atoms with Gasteiger partial charge in [-0.1, -0.05) is 6.07 Å². The summed E-state index contributed by atoms with van der Waals surface area (Å²) < 4.78 is 5.85. The zero-order valence-electron chi connectivity index (χ0n) is 14.4. The average molecular weight is 366 g/mol. The molecular weight excluding hydrogens is 348 g/mol. The molecule has 0 bridgehead atoms. The second-order valence-corrected chi connectivity index (χ2v) is 7.02. The molecule has 3 aromatic rings. The van der Waals surface area contributed by atoms with Gasteiger partial charge in [0.25, 0.3) is 11.8 Å². The molecule has 2 aromatic carbocycles. The van der Waals surface area contributed by atoms with Gasteiger partial charge in [-0.05, 0) is 73.5 Å². The quantitative estimate of drug-likeness (QED) is 0.697. The van der Waals surface area contributed by atoms with E-state index < -0.39 is 5.91 Å². The minimum atomic E-state index is -0.540. The van der Waals surface area contributed by atoms with Gasteiger partial charge in [-0.3, -0.25) is 9.59 Å². The van der Waals surface area contributed by atoms with Gasteiger partial charge in [0.05, 0.1) is 9.75 Å². The van der Waals surface area contributed by atoms with Crippen molar-refractivity contribution in [2.24, 2.45) is 5.73 Å². The van der Waals surface area contributed by atoms with Crippen LogP contribution in [0.2, 0.25) is 0 Å². The number of nitrogens with two attached hydrogens (primary N) is 1. The summed E-state index contributed by atoms with van der Waals surface area (Å²) in [6.45, 7) is 4.04. The molecule has 0 spiro atoms. The smallest absolute Gasteiger partial charge is 0.265 e. The molecule has 0 aliphatic heterocycles. The van der Waals surface area contributed by atoms with E-state index in [-0.39, 0.29) is 5.91 Å². The first-order valence-electron chi connectivity index (χ1n) is 7.98. The van der Waals surface area contributed by atoms with Crippen LogP contribution in [0.5, 0.6) is 11.5 Å². The summed E-state index contributed by atoms with van der Waals surface area (Å²) in [5.74, 6) is 0.629. The number of benzene rings is 2. The van der Waals surface area contributed by atoms with E-state index >= 15 is 0 Å². The number of amides is 2. The van der Waals surface area contributed by atoms with Crippen LogP contribution in [0.4, 0.5) is 5.69 Å². The molecule has 5 nitrogen and oxygen atoms in total. The Balaban J connectivity index is 1.67. The molecule has 0 aliphatic rings. The zero-order valence-corrected chi connectivity index (χ0v) is 15.2. The number of nitrogens with one attached hydrogen (secondary N) is 1. The van der Waals surface area contributed by atoms with Crippen molar-refractivity contribution in [3.05, 3.63) is 75.5 Å². The first-order chi connectivity index (χ1) is 12.4. The molecule has 2 amide bonds. The predicted molar refractivity (Wildman–Crippen MR) is 103 cm³/mol. The molecular formula is C20H18N2O3S. The number of carbonyl (C=O) groups excluding carboxylic acids is 2. The van der Waals surface area contributed by atoms with E-state index in [1.165, 1.54) is 0 Å². The summed E-state index contributed by atoms with van der Waals surface area (Å²) in [5.41, 5.74) is 8.11. The van der Waals surface area contributed by atoms with Crippen LogP contribution >= 0.6 is 11.3 Å². The van der Waals surface area contributed by atoms with E-state index in [1.54, 1.807) is 36.4 Å². The minimum absolute atomic E-state index is 0.287. The molecule has 0 unspecified atom stereocenters. The van der Waals surface area contributed by atoms with Crippen LogP contribution in [-0.4, -0.2) is 11.8 Å². The third-order valence-electron chi connectivity index (χ3n) is 3.62. The van der Waals surface area contributed by atoms with Crippen LogP contribution in [-0.2, 0) is 0 Å². The van der Waals surface area contributed by atoms with E-state index in [4.69, 9.17) is 10.5 Å². The lowest BCUT2D eigenvalue weighted by Crippen LogP contribution is -2.10. The number of hydrogen-bond donors (Lipinski definition) is 2. The zero-order chi connectivity index (χ0) is 18.7. The Morgan fingerprint density at radius 1 is 0.885 bits per heavy atom. The number of ether oxygens (including phenoxy) is 1. The number of aryl methyl sites for hydroxylation is 2. The van der Waals surface area contributed by atoms with Gasteiger partial charge in [-0.2, -0.15) is 0 Å². The minimum Gasteiger partial charge on any atom is -0.457 e. The van der Waals surface area contributed by atoms with Crippen molar-refractivity contribution in [2.75, 3.05) is 5.32 Å². The number of primary amides is 1. The van der Waals surface area contributed by atoms with Crippen molar-refractivity contribution in [2.45, 2.75) is 13.8 Å². The van der Waals surface area contributed by atoms with Crippen LogP contribution < -0.4 is 15.8 Å². The van der Waals surface area contributed by atoms with E-state index in [0.29, 0.717) is 21.2 Å². The van der Waals surface area contributed by atoms with Crippen molar-refractivity contribution >= 4 is 28.8 Å². The SMILES string of the molecule is Cc1cc(C)cc(Oc2ccc(NC(=O)c3ccc(C(N)=O)s3)cc2)c1. The molecule has 1 aromatic heterocycles.